The van der Waals surface area contributed by atoms with E-state index in [2.05, 4.69) is 24.4 Å². The SMILES string of the molecule is CCCCCCCCc1ccc(OC2CN[C@H](C(=O)O)C2)cc1. The van der Waals surface area contributed by atoms with E-state index in [0.29, 0.717) is 13.0 Å². The summed E-state index contributed by atoms with van der Waals surface area (Å²) in [5, 5.41) is 11.9. The maximum atomic E-state index is 10.9. The Morgan fingerprint density at radius 3 is 2.52 bits per heavy atom. The molecule has 1 saturated heterocycles. The van der Waals surface area contributed by atoms with E-state index in [9.17, 15) is 4.79 Å². The molecule has 0 aromatic heterocycles. The van der Waals surface area contributed by atoms with Gasteiger partial charge in [0, 0.05) is 13.0 Å². The Balaban J connectivity index is 1.67. The van der Waals surface area contributed by atoms with Crippen molar-refractivity contribution in [1.29, 1.82) is 0 Å². The van der Waals surface area contributed by atoms with Crippen LogP contribution in [0.25, 0.3) is 0 Å². The zero-order valence-electron chi connectivity index (χ0n) is 14.1. The second-order valence-electron chi connectivity index (χ2n) is 6.44. The molecule has 0 saturated carbocycles. The number of carbonyl (C=O) groups is 1. The van der Waals surface area contributed by atoms with E-state index in [1.54, 1.807) is 0 Å². The number of nitrogens with one attached hydrogen (secondary N) is 1. The first-order chi connectivity index (χ1) is 11.2. The number of hydrogen-bond acceptors (Lipinski definition) is 3. The van der Waals surface area contributed by atoms with Crippen molar-refractivity contribution in [1.82, 2.24) is 5.32 Å². The fourth-order valence-electron chi connectivity index (χ4n) is 3.02. The Morgan fingerprint density at radius 1 is 1.17 bits per heavy atom. The smallest absolute Gasteiger partial charge is 0.320 e. The van der Waals surface area contributed by atoms with Crippen LogP contribution < -0.4 is 10.1 Å². The minimum absolute atomic E-state index is 0.0551. The van der Waals surface area contributed by atoms with Gasteiger partial charge >= 0.3 is 5.97 Å². The van der Waals surface area contributed by atoms with E-state index in [1.165, 1.54) is 44.1 Å². The Morgan fingerprint density at radius 2 is 1.87 bits per heavy atom. The van der Waals surface area contributed by atoms with Crippen molar-refractivity contribution in [3.63, 3.8) is 0 Å². The number of carboxylic acid groups (broad SMARTS) is 1. The maximum Gasteiger partial charge on any atom is 0.320 e. The summed E-state index contributed by atoms with van der Waals surface area (Å²) in [4.78, 5) is 10.9. The lowest BCUT2D eigenvalue weighted by molar-refractivity contribution is -0.139. The molecule has 2 rings (SSSR count). The van der Waals surface area contributed by atoms with Crippen molar-refractivity contribution < 1.29 is 14.6 Å². The summed E-state index contributed by atoms with van der Waals surface area (Å²) in [6.07, 6.45) is 9.49. The summed E-state index contributed by atoms with van der Waals surface area (Å²) in [6, 6.07) is 7.77. The van der Waals surface area contributed by atoms with E-state index in [4.69, 9.17) is 9.84 Å². The standard InChI is InChI=1S/C19H29NO3/c1-2-3-4-5-6-7-8-15-9-11-16(12-10-15)23-17-13-18(19(21)22)20-14-17/h9-12,17-18,20H,2-8,13-14H2,1H3,(H,21,22)/t17?,18-/m0/s1. The molecule has 1 aromatic rings. The fraction of sp³-hybridized carbons (Fsp3) is 0.632. The van der Waals surface area contributed by atoms with Gasteiger partial charge in [-0.3, -0.25) is 4.79 Å². The van der Waals surface area contributed by atoms with Gasteiger partial charge in [0.15, 0.2) is 0 Å². The normalized spacial score (nSPS) is 20.6. The number of aryl methyl sites for hydroxylation is 1. The van der Waals surface area contributed by atoms with Crippen molar-refractivity contribution in [3.8, 4) is 5.75 Å². The number of unbranched alkanes of at least 4 members (excludes halogenated alkanes) is 5. The summed E-state index contributed by atoms with van der Waals surface area (Å²) < 4.78 is 5.85. The first kappa shape index (κ1) is 17.8. The first-order valence-electron chi connectivity index (χ1n) is 8.91. The van der Waals surface area contributed by atoms with Crippen LogP contribution in [0.3, 0.4) is 0 Å². The Bertz CT molecular complexity index is 472. The fourth-order valence-corrected chi connectivity index (χ4v) is 3.02. The Kier molecular flexibility index (Phi) is 7.40. The van der Waals surface area contributed by atoms with Crippen molar-refractivity contribution in [2.75, 3.05) is 6.54 Å². The highest BCUT2D eigenvalue weighted by atomic mass is 16.5. The molecule has 4 nitrogen and oxygen atoms in total. The molecule has 0 radical (unpaired) electrons. The Labute approximate surface area is 139 Å². The largest absolute Gasteiger partial charge is 0.489 e. The third-order valence-electron chi connectivity index (χ3n) is 4.43. The number of rotatable bonds is 10. The van der Waals surface area contributed by atoms with Gasteiger partial charge in [0.2, 0.25) is 0 Å². The summed E-state index contributed by atoms with van der Waals surface area (Å²) in [5.41, 5.74) is 1.35. The summed E-state index contributed by atoms with van der Waals surface area (Å²) in [5.74, 6) is 0.0277. The average Bonchev–Trinajstić information content (AvgIpc) is 3.01. The minimum atomic E-state index is -0.801. The third kappa shape index (κ3) is 6.22. The van der Waals surface area contributed by atoms with E-state index in [-0.39, 0.29) is 6.10 Å². The summed E-state index contributed by atoms with van der Waals surface area (Å²) in [7, 11) is 0. The molecule has 23 heavy (non-hydrogen) atoms. The minimum Gasteiger partial charge on any atom is -0.489 e. The molecule has 0 amide bonds. The summed E-state index contributed by atoms with van der Waals surface area (Å²) in [6.45, 7) is 2.84. The van der Waals surface area contributed by atoms with Crippen LogP contribution in [0.5, 0.6) is 5.75 Å². The number of hydrogen-bond donors (Lipinski definition) is 2. The van der Waals surface area contributed by atoms with E-state index in [0.717, 1.165) is 12.2 Å². The first-order valence-corrected chi connectivity index (χ1v) is 8.91. The highest BCUT2D eigenvalue weighted by Gasteiger charge is 2.30. The molecular formula is C19H29NO3. The van der Waals surface area contributed by atoms with Crippen molar-refractivity contribution >= 4 is 5.97 Å². The number of ether oxygens (including phenoxy) is 1. The van der Waals surface area contributed by atoms with Gasteiger partial charge in [-0.05, 0) is 30.5 Å². The molecule has 1 heterocycles. The zero-order chi connectivity index (χ0) is 16.5. The predicted octanol–water partition coefficient (Wildman–Crippen LogP) is 3.78. The molecule has 1 aliphatic heterocycles. The second-order valence-corrected chi connectivity index (χ2v) is 6.44. The second kappa shape index (κ2) is 9.56. The lowest BCUT2D eigenvalue weighted by Gasteiger charge is -2.13. The molecular weight excluding hydrogens is 290 g/mol. The molecule has 1 fully saturated rings. The Hall–Kier alpha value is -1.55. The van der Waals surface area contributed by atoms with Crippen molar-refractivity contribution in [3.05, 3.63) is 29.8 Å². The molecule has 128 valence electrons. The average molecular weight is 319 g/mol. The van der Waals surface area contributed by atoms with Crippen LogP contribution in [-0.2, 0) is 11.2 Å². The van der Waals surface area contributed by atoms with Gasteiger partial charge in [0.05, 0.1) is 0 Å². The van der Waals surface area contributed by atoms with Crippen molar-refractivity contribution in [2.24, 2.45) is 0 Å². The topological polar surface area (TPSA) is 58.6 Å². The zero-order valence-corrected chi connectivity index (χ0v) is 14.1. The van der Waals surface area contributed by atoms with Crippen LogP contribution in [0.4, 0.5) is 0 Å². The van der Waals surface area contributed by atoms with Crippen LogP contribution in [0.15, 0.2) is 24.3 Å². The highest BCUT2D eigenvalue weighted by molar-refractivity contribution is 5.73. The van der Waals surface area contributed by atoms with Crippen LogP contribution in [0.2, 0.25) is 0 Å². The third-order valence-corrected chi connectivity index (χ3v) is 4.43. The molecule has 0 aliphatic carbocycles. The molecule has 1 aromatic carbocycles. The van der Waals surface area contributed by atoms with Gasteiger partial charge in [-0.1, -0.05) is 51.2 Å². The molecule has 2 atom stereocenters. The van der Waals surface area contributed by atoms with E-state index in [1.807, 2.05) is 12.1 Å². The monoisotopic (exact) mass is 319 g/mol. The van der Waals surface area contributed by atoms with E-state index < -0.39 is 12.0 Å². The molecule has 0 bridgehead atoms. The number of benzene rings is 1. The summed E-state index contributed by atoms with van der Waals surface area (Å²) >= 11 is 0. The number of carboxylic acids is 1. The van der Waals surface area contributed by atoms with Gasteiger partial charge in [0.25, 0.3) is 0 Å². The molecule has 2 N–H and O–H groups in total. The lowest BCUT2D eigenvalue weighted by atomic mass is 10.0. The molecule has 0 spiro atoms. The van der Waals surface area contributed by atoms with Gasteiger partial charge in [-0.25, -0.2) is 0 Å². The van der Waals surface area contributed by atoms with Gasteiger partial charge in [0.1, 0.15) is 17.9 Å². The molecule has 1 unspecified atom stereocenters. The van der Waals surface area contributed by atoms with E-state index >= 15 is 0 Å². The molecule has 1 aliphatic rings. The van der Waals surface area contributed by atoms with Gasteiger partial charge in [-0.15, -0.1) is 0 Å². The van der Waals surface area contributed by atoms with Crippen molar-refractivity contribution in [2.45, 2.75) is 70.4 Å². The van der Waals surface area contributed by atoms with Gasteiger partial charge in [-0.2, -0.15) is 0 Å². The quantitative estimate of drug-likeness (QED) is 0.644. The highest BCUT2D eigenvalue weighted by Crippen LogP contribution is 2.19. The van der Waals surface area contributed by atoms with Crippen LogP contribution in [0.1, 0.15) is 57.4 Å². The van der Waals surface area contributed by atoms with Gasteiger partial charge < -0.3 is 15.2 Å². The van der Waals surface area contributed by atoms with Crippen LogP contribution in [0, 0.1) is 0 Å². The number of aliphatic carboxylic acids is 1. The lowest BCUT2D eigenvalue weighted by Crippen LogP contribution is -2.30. The van der Waals surface area contributed by atoms with Crippen LogP contribution in [-0.4, -0.2) is 29.8 Å². The maximum absolute atomic E-state index is 10.9. The predicted molar refractivity (Wildman–Crippen MR) is 92.0 cm³/mol. The van der Waals surface area contributed by atoms with Crippen LogP contribution >= 0.6 is 0 Å². The molecule has 4 heteroatoms.